The maximum absolute atomic E-state index is 11.7. The molecule has 2 fully saturated rings. The largest absolute Gasteiger partial charge is 0.508 e. The first-order valence-corrected chi connectivity index (χ1v) is 19.2. The van der Waals surface area contributed by atoms with E-state index < -0.39 is 0 Å². The van der Waals surface area contributed by atoms with Crippen molar-refractivity contribution in [1.29, 1.82) is 0 Å². The lowest BCUT2D eigenvalue weighted by Gasteiger charge is -2.34. The highest BCUT2D eigenvalue weighted by atomic mass is 16.5. The minimum atomic E-state index is -0.242. The zero-order chi connectivity index (χ0) is 37.4. The Hall–Kier alpha value is -3.10. The smallest absolute Gasteiger partial charge is 0.407 e. The first kappa shape index (κ1) is 44.9. The molecular formula is C42H71N3O5. The molecule has 4 rings (SSSR count). The van der Waals surface area contributed by atoms with E-state index >= 15 is 0 Å². The lowest BCUT2D eigenvalue weighted by atomic mass is 9.75. The Morgan fingerprint density at radius 1 is 0.820 bits per heavy atom. The van der Waals surface area contributed by atoms with Crippen LogP contribution in [0.2, 0.25) is 0 Å². The van der Waals surface area contributed by atoms with Crippen molar-refractivity contribution in [2.75, 3.05) is 20.4 Å². The van der Waals surface area contributed by atoms with Crippen LogP contribution in [0.3, 0.4) is 0 Å². The number of amides is 2. The van der Waals surface area contributed by atoms with Gasteiger partial charge in [-0.3, -0.25) is 10.1 Å². The number of nitrogens with one attached hydrogen (secondary N) is 3. The number of ether oxygens (including phenoxy) is 2. The summed E-state index contributed by atoms with van der Waals surface area (Å²) in [6, 6.07) is 19.0. The van der Waals surface area contributed by atoms with Crippen molar-refractivity contribution in [3.8, 4) is 5.75 Å². The number of hydrogen-bond donors (Lipinski definition) is 4. The summed E-state index contributed by atoms with van der Waals surface area (Å²) >= 11 is 0. The fourth-order valence-corrected chi connectivity index (χ4v) is 6.51. The lowest BCUT2D eigenvalue weighted by Crippen LogP contribution is -2.39. The maximum Gasteiger partial charge on any atom is 0.407 e. The molecule has 2 aliphatic carbocycles. The van der Waals surface area contributed by atoms with Gasteiger partial charge in [0, 0.05) is 37.6 Å². The summed E-state index contributed by atoms with van der Waals surface area (Å²) in [5.74, 6) is 2.03. The van der Waals surface area contributed by atoms with Crippen molar-refractivity contribution in [2.24, 2.45) is 11.8 Å². The van der Waals surface area contributed by atoms with Crippen LogP contribution in [0.5, 0.6) is 5.75 Å². The molecule has 0 heterocycles. The van der Waals surface area contributed by atoms with Gasteiger partial charge in [-0.2, -0.15) is 0 Å². The zero-order valence-electron chi connectivity index (χ0n) is 32.9. The molecule has 8 nitrogen and oxygen atoms in total. The second-order valence-corrected chi connectivity index (χ2v) is 14.3. The minimum Gasteiger partial charge on any atom is -0.508 e. The molecule has 0 aromatic heterocycles. The van der Waals surface area contributed by atoms with Crippen LogP contribution >= 0.6 is 0 Å². The van der Waals surface area contributed by atoms with Crippen molar-refractivity contribution < 1.29 is 24.2 Å². The monoisotopic (exact) mass is 698 g/mol. The number of hydrogen-bond acceptors (Lipinski definition) is 6. The summed E-state index contributed by atoms with van der Waals surface area (Å²) in [6.45, 7) is 17.4. The number of aromatic hydroxyl groups is 1. The number of phenolic OH excluding ortho intramolecular Hbond substituents is 1. The van der Waals surface area contributed by atoms with Gasteiger partial charge in [0.1, 0.15) is 5.75 Å². The van der Waals surface area contributed by atoms with Gasteiger partial charge in [-0.05, 0) is 113 Å². The average Bonchev–Trinajstić information content (AvgIpc) is 3.11. The summed E-state index contributed by atoms with van der Waals surface area (Å²) < 4.78 is 9.93. The highest BCUT2D eigenvalue weighted by Crippen LogP contribution is 2.35. The minimum absolute atomic E-state index is 0.0328. The van der Waals surface area contributed by atoms with E-state index in [1.165, 1.54) is 43.2 Å². The van der Waals surface area contributed by atoms with Crippen LogP contribution in [-0.4, -0.2) is 55.7 Å². The van der Waals surface area contributed by atoms with Gasteiger partial charge in [-0.1, -0.05) is 83.5 Å². The van der Waals surface area contributed by atoms with E-state index in [1.54, 1.807) is 26.2 Å². The van der Waals surface area contributed by atoms with E-state index in [0.29, 0.717) is 37.2 Å². The van der Waals surface area contributed by atoms with E-state index in [9.17, 15) is 14.7 Å². The third-order valence-electron chi connectivity index (χ3n) is 9.54. The maximum atomic E-state index is 11.7. The zero-order valence-corrected chi connectivity index (χ0v) is 32.9. The quantitative estimate of drug-likeness (QED) is 0.130. The van der Waals surface area contributed by atoms with Crippen LogP contribution in [0.1, 0.15) is 137 Å². The van der Waals surface area contributed by atoms with Crippen molar-refractivity contribution in [3.05, 3.63) is 65.7 Å². The first-order chi connectivity index (χ1) is 23.9. The highest BCUT2D eigenvalue weighted by Gasteiger charge is 2.28. The van der Waals surface area contributed by atoms with Gasteiger partial charge in [0.2, 0.25) is 5.91 Å². The molecular weight excluding hydrogens is 626 g/mol. The normalized spacial score (nSPS) is 20.0. The summed E-state index contributed by atoms with van der Waals surface area (Å²) in [5, 5.41) is 18.4. The SMILES string of the molecule is CC.CC(C)(c1ccccc1)c1ccc(O)cc1.CCCCOC(=O)NC1CCC(CC2CCC(NC(C)=O)CC2)CC1.COCNC(C)C. The molecule has 0 aliphatic heterocycles. The fraction of sp³-hybridized carbons (Fsp3) is 0.667. The molecule has 2 aromatic rings. The van der Waals surface area contributed by atoms with Gasteiger partial charge in [0.15, 0.2) is 0 Å². The van der Waals surface area contributed by atoms with Crippen molar-refractivity contribution in [3.63, 3.8) is 0 Å². The predicted molar refractivity (Wildman–Crippen MR) is 207 cm³/mol. The molecule has 2 amide bonds. The summed E-state index contributed by atoms with van der Waals surface area (Å²) in [5.41, 5.74) is 2.45. The molecule has 0 unspecified atom stereocenters. The Morgan fingerprint density at radius 2 is 1.32 bits per heavy atom. The van der Waals surface area contributed by atoms with E-state index in [0.717, 1.165) is 50.4 Å². The van der Waals surface area contributed by atoms with Gasteiger partial charge in [-0.15, -0.1) is 0 Å². The molecule has 2 saturated carbocycles. The Morgan fingerprint density at radius 3 is 1.76 bits per heavy atom. The molecule has 2 aromatic carbocycles. The van der Waals surface area contributed by atoms with Gasteiger partial charge < -0.3 is 25.2 Å². The third-order valence-corrected chi connectivity index (χ3v) is 9.54. The van der Waals surface area contributed by atoms with E-state index in [-0.39, 0.29) is 17.4 Å². The van der Waals surface area contributed by atoms with E-state index in [2.05, 4.69) is 74.8 Å². The number of benzene rings is 2. The molecule has 8 heteroatoms. The molecule has 284 valence electrons. The molecule has 0 spiro atoms. The first-order valence-electron chi connectivity index (χ1n) is 19.2. The number of rotatable bonds is 12. The number of alkyl carbamates (subject to hydrolysis) is 1. The predicted octanol–water partition coefficient (Wildman–Crippen LogP) is 9.49. The van der Waals surface area contributed by atoms with Crippen LogP contribution in [0.4, 0.5) is 4.79 Å². The van der Waals surface area contributed by atoms with Crippen LogP contribution in [-0.2, 0) is 19.7 Å². The molecule has 0 atom stereocenters. The fourth-order valence-electron chi connectivity index (χ4n) is 6.51. The molecule has 0 saturated heterocycles. The standard InChI is InChI=1S/C20H36N2O3.C15H16O.C5H13NO.C2H6/c1-3-4-13-25-20(24)22-19-11-7-17(8-12-19)14-16-5-9-18(10-6-16)21-15(2)23;1-15(2,12-6-4-3-5-7-12)13-8-10-14(16)11-9-13;1-5(2)6-4-7-3;1-2/h16-19H,3-14H2,1-2H3,(H,21,23)(H,22,24);3-11,16H,1-2H3;5-6H,4H2,1-3H3;1-2H3. The van der Waals surface area contributed by atoms with Gasteiger partial charge >= 0.3 is 6.09 Å². The number of unbranched alkanes of at least 4 members (excludes halogenated alkanes) is 1. The van der Waals surface area contributed by atoms with E-state index in [4.69, 9.17) is 9.47 Å². The molecule has 50 heavy (non-hydrogen) atoms. The van der Waals surface area contributed by atoms with Crippen molar-refractivity contribution in [2.45, 2.75) is 150 Å². The van der Waals surface area contributed by atoms with Crippen molar-refractivity contribution >= 4 is 12.0 Å². The van der Waals surface area contributed by atoms with Crippen LogP contribution in [0.15, 0.2) is 54.6 Å². The van der Waals surface area contributed by atoms with Gasteiger partial charge in [-0.25, -0.2) is 4.79 Å². The van der Waals surface area contributed by atoms with Gasteiger partial charge in [0.25, 0.3) is 0 Å². The lowest BCUT2D eigenvalue weighted by molar-refractivity contribution is -0.119. The van der Waals surface area contributed by atoms with E-state index in [1.807, 2.05) is 32.0 Å². The molecule has 0 radical (unpaired) electrons. The summed E-state index contributed by atoms with van der Waals surface area (Å²) in [6.07, 6.45) is 12.4. The second-order valence-electron chi connectivity index (χ2n) is 14.3. The average molecular weight is 698 g/mol. The van der Waals surface area contributed by atoms with Gasteiger partial charge in [0.05, 0.1) is 13.3 Å². The van der Waals surface area contributed by atoms with Crippen LogP contribution in [0, 0.1) is 11.8 Å². The Labute approximate surface area is 304 Å². The highest BCUT2D eigenvalue weighted by molar-refractivity contribution is 5.73. The second kappa shape index (κ2) is 25.8. The third kappa shape index (κ3) is 18.8. The molecule has 0 bridgehead atoms. The Kier molecular flexibility index (Phi) is 23.2. The number of methoxy groups -OCH3 is 1. The summed E-state index contributed by atoms with van der Waals surface area (Å²) in [4.78, 5) is 22.9. The Bertz CT molecular complexity index is 1140. The number of phenols is 1. The van der Waals surface area contributed by atoms with Crippen molar-refractivity contribution in [1.82, 2.24) is 16.0 Å². The topological polar surface area (TPSA) is 109 Å². The number of carbonyl (C=O) groups excluding carboxylic acids is 2. The molecule has 2 aliphatic rings. The number of carbonyl (C=O) groups is 2. The Balaban J connectivity index is 0.000000425. The van der Waals surface area contributed by atoms with Crippen LogP contribution in [0.25, 0.3) is 0 Å². The summed E-state index contributed by atoms with van der Waals surface area (Å²) in [7, 11) is 1.68. The van der Waals surface area contributed by atoms with Crippen LogP contribution < -0.4 is 16.0 Å². The molecule has 4 N–H and O–H groups in total.